The lowest BCUT2D eigenvalue weighted by atomic mass is 9.98. The highest BCUT2D eigenvalue weighted by Gasteiger charge is 2.21. The van der Waals surface area contributed by atoms with Gasteiger partial charge in [-0.15, -0.1) is 0 Å². The van der Waals surface area contributed by atoms with Crippen LogP contribution in [0.3, 0.4) is 0 Å². The van der Waals surface area contributed by atoms with E-state index in [-0.39, 0.29) is 12.5 Å². The number of aromatic amines is 1. The van der Waals surface area contributed by atoms with E-state index in [1.807, 2.05) is 37.4 Å². The number of rotatable bonds is 11. The second-order valence-corrected chi connectivity index (χ2v) is 8.06. The third kappa shape index (κ3) is 6.12. The average Bonchev–Trinajstić information content (AvgIpc) is 3.30. The van der Waals surface area contributed by atoms with E-state index in [2.05, 4.69) is 23.2 Å². The topological polar surface area (TPSA) is 115 Å². The van der Waals surface area contributed by atoms with Crippen molar-refractivity contribution < 1.29 is 24.6 Å². The molecule has 0 saturated heterocycles. The normalized spacial score (nSPS) is 12.0. The van der Waals surface area contributed by atoms with Gasteiger partial charge in [0, 0.05) is 37.4 Å². The van der Waals surface area contributed by atoms with Gasteiger partial charge in [-0.2, -0.15) is 0 Å². The lowest BCUT2D eigenvalue weighted by Crippen LogP contribution is -2.31. The van der Waals surface area contributed by atoms with Crippen LogP contribution >= 0.6 is 0 Å². The van der Waals surface area contributed by atoms with Gasteiger partial charge in [-0.25, -0.2) is 10.3 Å². The number of carbonyl (C=O) groups excluding carboxylic acids is 1. The number of nitrogens with zero attached hydrogens (tertiary/aromatic N) is 1. The minimum atomic E-state index is -1.01. The lowest BCUT2D eigenvalue weighted by molar-refractivity contribution is -0.129. The molecule has 0 aliphatic carbocycles. The third-order valence-corrected chi connectivity index (χ3v) is 5.89. The number of anilines is 1. The SMILES string of the molecule is COC(C)c1cc(-c2ccc3cc[nH]c3c2)ccc1N(CCCCCCC(=O)NO)C(=O)O. The third-order valence-electron chi connectivity index (χ3n) is 5.89. The molecule has 0 fully saturated rings. The van der Waals surface area contributed by atoms with Gasteiger partial charge in [0.05, 0.1) is 11.8 Å². The molecule has 3 aromatic rings. The maximum atomic E-state index is 12.1. The van der Waals surface area contributed by atoms with Crippen molar-refractivity contribution in [3.8, 4) is 11.1 Å². The van der Waals surface area contributed by atoms with Crippen molar-refractivity contribution in [1.29, 1.82) is 0 Å². The fourth-order valence-electron chi connectivity index (χ4n) is 3.94. The molecule has 0 bridgehead atoms. The van der Waals surface area contributed by atoms with Crippen molar-refractivity contribution in [3.05, 3.63) is 54.2 Å². The first kappa shape index (κ1) is 24.3. The van der Waals surface area contributed by atoms with Crippen LogP contribution in [0.1, 0.15) is 50.7 Å². The molecule has 0 saturated carbocycles. The minimum Gasteiger partial charge on any atom is -0.465 e. The Bertz CT molecular complexity index is 1090. The molecular formula is C25H31N3O5. The van der Waals surface area contributed by atoms with Gasteiger partial charge in [-0.3, -0.25) is 14.9 Å². The molecule has 0 aliphatic heterocycles. The summed E-state index contributed by atoms with van der Waals surface area (Å²) in [6.45, 7) is 2.25. The molecule has 8 nitrogen and oxygen atoms in total. The Labute approximate surface area is 193 Å². The number of nitrogens with one attached hydrogen (secondary N) is 2. The van der Waals surface area contributed by atoms with Crippen molar-refractivity contribution in [2.24, 2.45) is 0 Å². The molecule has 0 aliphatic rings. The summed E-state index contributed by atoms with van der Waals surface area (Å²) < 4.78 is 5.56. The van der Waals surface area contributed by atoms with Gasteiger partial charge in [0.2, 0.25) is 5.91 Å². The summed E-state index contributed by atoms with van der Waals surface area (Å²) >= 11 is 0. The van der Waals surface area contributed by atoms with Crippen molar-refractivity contribution in [1.82, 2.24) is 10.5 Å². The zero-order valence-electron chi connectivity index (χ0n) is 19.0. The second kappa shape index (κ2) is 11.5. The summed E-state index contributed by atoms with van der Waals surface area (Å²) in [5.74, 6) is -0.407. The number of fused-ring (bicyclic) bond motifs is 1. The molecule has 8 heteroatoms. The molecule has 1 unspecified atom stereocenters. The fourth-order valence-corrected chi connectivity index (χ4v) is 3.94. The quantitative estimate of drug-likeness (QED) is 0.174. The first-order valence-corrected chi connectivity index (χ1v) is 11.1. The first-order valence-electron chi connectivity index (χ1n) is 11.1. The first-order chi connectivity index (χ1) is 15.9. The largest absolute Gasteiger partial charge is 0.465 e. The van der Waals surface area contributed by atoms with E-state index in [4.69, 9.17) is 9.94 Å². The smallest absolute Gasteiger partial charge is 0.411 e. The number of methoxy groups -OCH3 is 1. The Morgan fingerprint density at radius 1 is 1.06 bits per heavy atom. The van der Waals surface area contributed by atoms with Crippen LogP contribution in [0.15, 0.2) is 48.7 Å². The average molecular weight is 454 g/mol. The van der Waals surface area contributed by atoms with E-state index in [9.17, 15) is 14.7 Å². The number of unbranched alkanes of at least 4 members (excludes halogenated alkanes) is 3. The van der Waals surface area contributed by atoms with E-state index in [1.54, 1.807) is 12.6 Å². The Hall–Kier alpha value is -3.36. The van der Waals surface area contributed by atoms with Gasteiger partial charge in [-0.1, -0.05) is 31.0 Å². The summed E-state index contributed by atoms with van der Waals surface area (Å²) in [7, 11) is 1.61. The van der Waals surface area contributed by atoms with Crippen LogP contribution in [0.5, 0.6) is 0 Å². The Morgan fingerprint density at radius 3 is 2.52 bits per heavy atom. The number of ether oxygens (including phenoxy) is 1. The van der Waals surface area contributed by atoms with E-state index in [0.717, 1.165) is 40.4 Å². The predicted octanol–water partition coefficient (Wildman–Crippen LogP) is 5.48. The van der Waals surface area contributed by atoms with Crippen LogP contribution in [0.4, 0.5) is 10.5 Å². The number of H-pyrrole nitrogens is 1. The number of carbonyl (C=O) groups is 2. The Morgan fingerprint density at radius 2 is 1.79 bits per heavy atom. The van der Waals surface area contributed by atoms with Crippen LogP contribution in [-0.4, -0.2) is 41.0 Å². The molecule has 2 aromatic carbocycles. The molecule has 1 heterocycles. The number of amides is 2. The Balaban J connectivity index is 1.78. The van der Waals surface area contributed by atoms with Gasteiger partial charge in [0.25, 0.3) is 0 Å². The highest BCUT2D eigenvalue weighted by molar-refractivity contribution is 5.89. The number of hydrogen-bond donors (Lipinski definition) is 4. The van der Waals surface area contributed by atoms with Crippen LogP contribution in [0.2, 0.25) is 0 Å². The summed E-state index contributed by atoms with van der Waals surface area (Å²) in [6.07, 6.45) is 3.73. The minimum absolute atomic E-state index is 0.254. The summed E-state index contributed by atoms with van der Waals surface area (Å²) in [4.78, 5) is 27.7. The molecule has 1 atom stereocenters. The highest BCUT2D eigenvalue weighted by Crippen LogP contribution is 2.34. The molecule has 4 N–H and O–H groups in total. The number of benzene rings is 2. The van der Waals surface area contributed by atoms with E-state index >= 15 is 0 Å². The van der Waals surface area contributed by atoms with Gasteiger partial charge < -0.3 is 14.8 Å². The molecule has 1 aromatic heterocycles. The number of aromatic nitrogens is 1. The van der Waals surface area contributed by atoms with E-state index in [0.29, 0.717) is 25.1 Å². The number of hydroxylamine groups is 1. The summed E-state index contributed by atoms with van der Waals surface area (Å²) in [5.41, 5.74) is 6.11. The van der Waals surface area contributed by atoms with E-state index < -0.39 is 12.0 Å². The lowest BCUT2D eigenvalue weighted by Gasteiger charge is -2.25. The van der Waals surface area contributed by atoms with Gasteiger partial charge in [-0.05, 0) is 60.5 Å². The molecule has 0 radical (unpaired) electrons. The zero-order chi connectivity index (χ0) is 23.8. The number of carboxylic acid groups (broad SMARTS) is 1. The predicted molar refractivity (Wildman–Crippen MR) is 128 cm³/mol. The molecule has 33 heavy (non-hydrogen) atoms. The van der Waals surface area contributed by atoms with Crippen molar-refractivity contribution in [2.75, 3.05) is 18.6 Å². The monoisotopic (exact) mass is 453 g/mol. The van der Waals surface area contributed by atoms with Gasteiger partial charge >= 0.3 is 6.09 Å². The zero-order valence-corrected chi connectivity index (χ0v) is 19.0. The molecule has 0 spiro atoms. The van der Waals surface area contributed by atoms with Crippen molar-refractivity contribution >= 4 is 28.6 Å². The Kier molecular flexibility index (Phi) is 8.46. The van der Waals surface area contributed by atoms with Gasteiger partial charge in [0.15, 0.2) is 0 Å². The van der Waals surface area contributed by atoms with Crippen molar-refractivity contribution in [3.63, 3.8) is 0 Å². The van der Waals surface area contributed by atoms with E-state index in [1.165, 1.54) is 4.90 Å². The van der Waals surface area contributed by atoms with Crippen LogP contribution in [0.25, 0.3) is 22.0 Å². The second-order valence-electron chi connectivity index (χ2n) is 8.06. The summed E-state index contributed by atoms with van der Waals surface area (Å²) in [5, 5.41) is 19.6. The molecule has 3 rings (SSSR count). The van der Waals surface area contributed by atoms with Gasteiger partial charge in [0.1, 0.15) is 0 Å². The molecule has 2 amide bonds. The highest BCUT2D eigenvalue weighted by atomic mass is 16.5. The van der Waals surface area contributed by atoms with Crippen molar-refractivity contribution in [2.45, 2.75) is 45.1 Å². The summed E-state index contributed by atoms with van der Waals surface area (Å²) in [6, 6.07) is 14.0. The molecular weight excluding hydrogens is 422 g/mol. The standard InChI is InChI=1S/C25H31N3O5/c1-17(33-2)21-15-19(20-9-8-18-12-13-26-22(18)16-20)10-11-23(21)28(25(30)31)14-6-4-3-5-7-24(29)27-32/h8-13,15-17,26,32H,3-7,14H2,1-2H3,(H,27,29)(H,30,31). The van der Waals surface area contributed by atoms with Crippen LogP contribution in [0, 0.1) is 0 Å². The van der Waals surface area contributed by atoms with Crippen LogP contribution < -0.4 is 10.4 Å². The van der Waals surface area contributed by atoms with Crippen LogP contribution in [-0.2, 0) is 9.53 Å². The fraction of sp³-hybridized carbons (Fsp3) is 0.360. The molecule has 176 valence electrons. The maximum absolute atomic E-state index is 12.1. The maximum Gasteiger partial charge on any atom is 0.411 e. The number of hydrogen-bond acceptors (Lipinski definition) is 4.